The van der Waals surface area contributed by atoms with Crippen LogP contribution in [0.4, 0.5) is 0 Å². The zero-order valence-electron chi connectivity index (χ0n) is 15.4. The van der Waals surface area contributed by atoms with Gasteiger partial charge in [-0.05, 0) is 31.5 Å². The fourth-order valence-electron chi connectivity index (χ4n) is 2.29. The summed E-state index contributed by atoms with van der Waals surface area (Å²) in [6.07, 6.45) is -0.795. The van der Waals surface area contributed by atoms with Gasteiger partial charge in [-0.2, -0.15) is 0 Å². The normalized spacial score (nSPS) is 11.4. The monoisotopic (exact) mass is 357 g/mol. The van der Waals surface area contributed by atoms with E-state index in [0.29, 0.717) is 12.3 Å². The lowest BCUT2D eigenvalue weighted by Crippen LogP contribution is -2.36. The standard InChI is InChI=1S/C20H23NO5/c1-13-5-7-15(8-6-13)12-21-19(22)14(2)26-18-11-16(24-3)9-10-17(18)20(23)25-4/h5-11,14H,12H2,1-4H3,(H,21,22)/t14-/m1/s1. The Bertz CT molecular complexity index is 770. The minimum Gasteiger partial charge on any atom is -0.497 e. The van der Waals surface area contributed by atoms with Crippen LogP contribution in [-0.2, 0) is 16.1 Å². The minimum atomic E-state index is -0.795. The van der Waals surface area contributed by atoms with Gasteiger partial charge in [0.25, 0.3) is 5.91 Å². The molecular formula is C20H23NO5. The van der Waals surface area contributed by atoms with Crippen molar-refractivity contribution in [3.05, 3.63) is 59.2 Å². The predicted octanol–water partition coefficient (Wildman–Crippen LogP) is 2.87. The molecule has 26 heavy (non-hydrogen) atoms. The lowest BCUT2D eigenvalue weighted by Gasteiger charge is -2.17. The van der Waals surface area contributed by atoms with Gasteiger partial charge in [-0.15, -0.1) is 0 Å². The molecule has 0 aliphatic carbocycles. The van der Waals surface area contributed by atoms with Crippen LogP contribution in [0, 0.1) is 6.92 Å². The minimum absolute atomic E-state index is 0.228. The van der Waals surface area contributed by atoms with Crippen LogP contribution in [-0.4, -0.2) is 32.2 Å². The van der Waals surface area contributed by atoms with Gasteiger partial charge in [0.15, 0.2) is 6.10 Å². The van der Waals surface area contributed by atoms with Crippen molar-refractivity contribution in [2.24, 2.45) is 0 Å². The third-order valence-corrected chi connectivity index (χ3v) is 3.85. The van der Waals surface area contributed by atoms with Crippen molar-refractivity contribution in [3.63, 3.8) is 0 Å². The van der Waals surface area contributed by atoms with Gasteiger partial charge in [-0.3, -0.25) is 4.79 Å². The summed E-state index contributed by atoms with van der Waals surface area (Å²) in [5.41, 5.74) is 2.38. The quantitative estimate of drug-likeness (QED) is 0.772. The average molecular weight is 357 g/mol. The Hall–Kier alpha value is -3.02. The summed E-state index contributed by atoms with van der Waals surface area (Å²) in [5, 5.41) is 2.82. The van der Waals surface area contributed by atoms with E-state index in [1.165, 1.54) is 20.3 Å². The number of ether oxygens (including phenoxy) is 3. The number of carbonyl (C=O) groups excluding carboxylic acids is 2. The number of carbonyl (C=O) groups is 2. The molecule has 1 atom stereocenters. The Morgan fingerprint density at radius 2 is 1.77 bits per heavy atom. The van der Waals surface area contributed by atoms with Crippen LogP contribution >= 0.6 is 0 Å². The molecular weight excluding hydrogens is 334 g/mol. The van der Waals surface area contributed by atoms with E-state index in [0.717, 1.165) is 11.1 Å². The van der Waals surface area contributed by atoms with Crippen LogP contribution in [0.15, 0.2) is 42.5 Å². The summed E-state index contributed by atoms with van der Waals surface area (Å²) in [5.74, 6) is -0.0896. The second-order valence-corrected chi connectivity index (χ2v) is 5.82. The van der Waals surface area contributed by atoms with Gasteiger partial charge in [0.1, 0.15) is 17.1 Å². The third-order valence-electron chi connectivity index (χ3n) is 3.85. The fourth-order valence-corrected chi connectivity index (χ4v) is 2.29. The number of amides is 1. The molecule has 0 aliphatic rings. The second kappa shape index (κ2) is 8.89. The molecule has 0 spiro atoms. The average Bonchev–Trinajstić information content (AvgIpc) is 2.66. The van der Waals surface area contributed by atoms with Gasteiger partial charge in [0.2, 0.25) is 0 Å². The Balaban J connectivity index is 2.05. The molecule has 0 aliphatic heterocycles. The largest absolute Gasteiger partial charge is 0.497 e. The molecule has 6 nitrogen and oxygen atoms in total. The highest BCUT2D eigenvalue weighted by Crippen LogP contribution is 2.26. The molecule has 0 radical (unpaired) electrons. The van der Waals surface area contributed by atoms with E-state index in [1.807, 2.05) is 31.2 Å². The van der Waals surface area contributed by atoms with Gasteiger partial charge >= 0.3 is 5.97 Å². The van der Waals surface area contributed by atoms with E-state index in [4.69, 9.17) is 14.2 Å². The first-order chi connectivity index (χ1) is 12.4. The van der Waals surface area contributed by atoms with Gasteiger partial charge in [-0.25, -0.2) is 4.79 Å². The maximum Gasteiger partial charge on any atom is 0.341 e. The molecule has 138 valence electrons. The molecule has 2 rings (SSSR count). The number of rotatable bonds is 7. The zero-order chi connectivity index (χ0) is 19.1. The highest BCUT2D eigenvalue weighted by molar-refractivity contribution is 5.93. The van der Waals surface area contributed by atoms with Crippen molar-refractivity contribution < 1.29 is 23.8 Å². The van der Waals surface area contributed by atoms with Crippen molar-refractivity contribution in [3.8, 4) is 11.5 Å². The van der Waals surface area contributed by atoms with Gasteiger partial charge < -0.3 is 19.5 Å². The molecule has 0 heterocycles. The van der Waals surface area contributed by atoms with Gasteiger partial charge in [0.05, 0.1) is 14.2 Å². The van der Waals surface area contributed by atoms with Crippen LogP contribution in [0.5, 0.6) is 11.5 Å². The summed E-state index contributed by atoms with van der Waals surface area (Å²) >= 11 is 0. The predicted molar refractivity (Wildman–Crippen MR) is 97.4 cm³/mol. The van der Waals surface area contributed by atoms with Gasteiger partial charge in [-0.1, -0.05) is 29.8 Å². The van der Waals surface area contributed by atoms with E-state index in [9.17, 15) is 9.59 Å². The van der Waals surface area contributed by atoms with E-state index in [2.05, 4.69) is 5.32 Å². The number of hydrogen-bond donors (Lipinski definition) is 1. The molecule has 0 fully saturated rings. The molecule has 0 bridgehead atoms. The molecule has 0 saturated heterocycles. The number of methoxy groups -OCH3 is 2. The lowest BCUT2D eigenvalue weighted by molar-refractivity contribution is -0.127. The van der Waals surface area contributed by atoms with Crippen molar-refractivity contribution in [1.29, 1.82) is 0 Å². The summed E-state index contributed by atoms with van der Waals surface area (Å²) in [6.45, 7) is 4.02. The summed E-state index contributed by atoms with van der Waals surface area (Å²) < 4.78 is 15.6. The molecule has 0 aromatic heterocycles. The molecule has 2 aromatic rings. The zero-order valence-corrected chi connectivity index (χ0v) is 15.4. The Morgan fingerprint density at radius 3 is 2.38 bits per heavy atom. The van der Waals surface area contributed by atoms with Crippen LogP contribution in [0.3, 0.4) is 0 Å². The summed E-state index contributed by atoms with van der Waals surface area (Å²) in [4.78, 5) is 24.2. The summed E-state index contributed by atoms with van der Waals surface area (Å²) in [7, 11) is 2.79. The first-order valence-electron chi connectivity index (χ1n) is 8.21. The van der Waals surface area contributed by atoms with Crippen molar-refractivity contribution in [1.82, 2.24) is 5.32 Å². The number of hydrogen-bond acceptors (Lipinski definition) is 5. The lowest BCUT2D eigenvalue weighted by atomic mass is 10.1. The Morgan fingerprint density at radius 1 is 1.08 bits per heavy atom. The smallest absolute Gasteiger partial charge is 0.341 e. The van der Waals surface area contributed by atoms with Crippen molar-refractivity contribution >= 4 is 11.9 Å². The molecule has 6 heteroatoms. The highest BCUT2D eigenvalue weighted by atomic mass is 16.5. The topological polar surface area (TPSA) is 73.9 Å². The molecule has 1 amide bonds. The Kier molecular flexibility index (Phi) is 6.60. The summed E-state index contributed by atoms with van der Waals surface area (Å²) in [6, 6.07) is 12.6. The van der Waals surface area contributed by atoms with Gasteiger partial charge in [0, 0.05) is 12.6 Å². The maximum absolute atomic E-state index is 12.3. The number of nitrogens with one attached hydrogen (secondary N) is 1. The first kappa shape index (κ1) is 19.3. The number of benzene rings is 2. The number of aryl methyl sites for hydroxylation is 1. The van der Waals surface area contributed by atoms with E-state index in [-0.39, 0.29) is 17.2 Å². The Labute approximate surface area is 153 Å². The first-order valence-corrected chi connectivity index (χ1v) is 8.21. The van der Waals surface area contributed by atoms with Crippen LogP contribution in [0.2, 0.25) is 0 Å². The SMILES string of the molecule is COC(=O)c1ccc(OC)cc1O[C@H](C)C(=O)NCc1ccc(C)cc1. The van der Waals surface area contributed by atoms with Crippen molar-refractivity contribution in [2.45, 2.75) is 26.5 Å². The number of esters is 1. The van der Waals surface area contributed by atoms with E-state index < -0.39 is 12.1 Å². The van der Waals surface area contributed by atoms with Crippen LogP contribution in [0.25, 0.3) is 0 Å². The third kappa shape index (κ3) is 4.99. The molecule has 2 aromatic carbocycles. The molecule has 0 unspecified atom stereocenters. The maximum atomic E-state index is 12.3. The highest BCUT2D eigenvalue weighted by Gasteiger charge is 2.20. The molecule has 0 saturated carbocycles. The van der Waals surface area contributed by atoms with E-state index in [1.54, 1.807) is 19.1 Å². The van der Waals surface area contributed by atoms with Crippen LogP contribution in [0.1, 0.15) is 28.4 Å². The fraction of sp³-hybridized carbons (Fsp3) is 0.300. The second-order valence-electron chi connectivity index (χ2n) is 5.82. The molecule has 1 N–H and O–H groups in total. The van der Waals surface area contributed by atoms with Crippen LogP contribution < -0.4 is 14.8 Å². The van der Waals surface area contributed by atoms with E-state index >= 15 is 0 Å². The van der Waals surface area contributed by atoms with Crippen molar-refractivity contribution in [2.75, 3.05) is 14.2 Å².